The zero-order valence-electron chi connectivity index (χ0n) is 26.1. The van der Waals surface area contributed by atoms with E-state index in [0.29, 0.717) is 12.1 Å². The van der Waals surface area contributed by atoms with Crippen molar-refractivity contribution in [3.63, 3.8) is 0 Å². The van der Waals surface area contributed by atoms with Gasteiger partial charge < -0.3 is 10.2 Å². The summed E-state index contributed by atoms with van der Waals surface area (Å²) in [6.45, 7) is 9.33. The third-order valence-electron chi connectivity index (χ3n) is 8.67. The van der Waals surface area contributed by atoms with E-state index < -0.39 is 28.5 Å². The normalized spacial score (nSPS) is 14.6. The lowest BCUT2D eigenvalue weighted by Crippen LogP contribution is -2.54. The minimum absolute atomic E-state index is 0.0964. The van der Waals surface area contributed by atoms with Crippen LogP contribution in [0, 0.1) is 27.7 Å². The molecule has 3 aromatic rings. The molecule has 0 bridgehead atoms. The van der Waals surface area contributed by atoms with E-state index in [0.717, 1.165) is 53.5 Å². The lowest BCUT2D eigenvalue weighted by Gasteiger charge is -2.35. The van der Waals surface area contributed by atoms with E-state index in [4.69, 9.17) is 0 Å². The zero-order chi connectivity index (χ0) is 31.1. The molecule has 0 spiro atoms. The van der Waals surface area contributed by atoms with E-state index in [-0.39, 0.29) is 23.4 Å². The van der Waals surface area contributed by atoms with Gasteiger partial charge in [-0.05, 0) is 87.4 Å². The van der Waals surface area contributed by atoms with Gasteiger partial charge in [0, 0.05) is 12.6 Å². The second kappa shape index (κ2) is 14.2. The van der Waals surface area contributed by atoms with Gasteiger partial charge in [-0.3, -0.25) is 13.9 Å². The Hall–Kier alpha value is -3.65. The van der Waals surface area contributed by atoms with Crippen LogP contribution >= 0.6 is 0 Å². The average Bonchev–Trinajstić information content (AvgIpc) is 2.99. The molecule has 0 heterocycles. The van der Waals surface area contributed by atoms with Crippen LogP contribution in [0.2, 0.25) is 0 Å². The van der Waals surface area contributed by atoms with Crippen molar-refractivity contribution >= 4 is 27.5 Å². The first-order chi connectivity index (χ1) is 20.5. The molecule has 230 valence electrons. The van der Waals surface area contributed by atoms with Crippen LogP contribution < -0.4 is 9.62 Å². The smallest absolute Gasteiger partial charge is 0.264 e. The number of sulfonamides is 1. The highest BCUT2D eigenvalue weighted by molar-refractivity contribution is 7.92. The van der Waals surface area contributed by atoms with E-state index in [1.807, 2.05) is 65.0 Å². The number of hydrogen-bond acceptors (Lipinski definition) is 4. The Morgan fingerprint density at radius 3 is 2.16 bits per heavy atom. The molecule has 1 N–H and O–H groups in total. The van der Waals surface area contributed by atoms with Crippen LogP contribution in [-0.4, -0.2) is 43.8 Å². The summed E-state index contributed by atoms with van der Waals surface area (Å²) in [5.74, 6) is -0.610. The summed E-state index contributed by atoms with van der Waals surface area (Å²) in [7, 11) is -4.11. The molecule has 1 atom stereocenters. The van der Waals surface area contributed by atoms with Crippen LogP contribution in [0.1, 0.15) is 73.3 Å². The molecule has 8 heteroatoms. The first-order valence-corrected chi connectivity index (χ1v) is 16.8. The molecule has 1 fully saturated rings. The van der Waals surface area contributed by atoms with E-state index >= 15 is 0 Å². The number of anilines is 1. The quantitative estimate of drug-likeness (QED) is 0.276. The molecule has 2 amide bonds. The molecule has 0 unspecified atom stereocenters. The van der Waals surface area contributed by atoms with Gasteiger partial charge in [0.1, 0.15) is 12.6 Å². The van der Waals surface area contributed by atoms with Crippen molar-refractivity contribution in [1.29, 1.82) is 0 Å². The number of rotatable bonds is 11. The maximum atomic E-state index is 14.4. The molecule has 1 saturated carbocycles. The van der Waals surface area contributed by atoms with Crippen molar-refractivity contribution in [3.8, 4) is 0 Å². The fourth-order valence-corrected chi connectivity index (χ4v) is 7.26. The number of nitrogens with zero attached hydrogens (tertiary/aromatic N) is 2. The molecule has 1 aliphatic rings. The summed E-state index contributed by atoms with van der Waals surface area (Å²) in [5.41, 5.74) is 5.00. The highest BCUT2D eigenvalue weighted by Crippen LogP contribution is 2.29. The molecule has 7 nitrogen and oxygen atoms in total. The van der Waals surface area contributed by atoms with Crippen molar-refractivity contribution < 1.29 is 18.0 Å². The SMILES string of the molecule is CC[C@H](C(=O)NC1CCCCC1)N(Cc1ccccc1C)C(=O)CN(c1cccc(C)c1C)S(=O)(=O)c1ccc(C)cc1. The summed E-state index contributed by atoms with van der Waals surface area (Å²) >= 11 is 0. The summed E-state index contributed by atoms with van der Waals surface area (Å²) in [6.07, 6.45) is 5.60. The number of aryl methyl sites for hydroxylation is 3. The van der Waals surface area contributed by atoms with E-state index in [2.05, 4.69) is 5.32 Å². The lowest BCUT2D eigenvalue weighted by molar-refractivity contribution is -0.140. The van der Waals surface area contributed by atoms with Gasteiger partial charge in [-0.25, -0.2) is 8.42 Å². The van der Waals surface area contributed by atoms with Crippen LogP contribution in [0.5, 0.6) is 0 Å². The van der Waals surface area contributed by atoms with Crippen molar-refractivity contribution in [2.75, 3.05) is 10.8 Å². The Balaban J connectivity index is 1.75. The van der Waals surface area contributed by atoms with Gasteiger partial charge in [-0.15, -0.1) is 0 Å². The number of benzene rings is 3. The van der Waals surface area contributed by atoms with Crippen molar-refractivity contribution in [1.82, 2.24) is 10.2 Å². The summed E-state index contributed by atoms with van der Waals surface area (Å²) in [6, 6.07) is 19.3. The topological polar surface area (TPSA) is 86.8 Å². The van der Waals surface area contributed by atoms with Gasteiger partial charge in [0.05, 0.1) is 10.6 Å². The van der Waals surface area contributed by atoms with Crippen molar-refractivity contribution in [3.05, 3.63) is 94.5 Å². The maximum absolute atomic E-state index is 14.4. The highest BCUT2D eigenvalue weighted by Gasteiger charge is 2.35. The molecule has 0 aliphatic heterocycles. The van der Waals surface area contributed by atoms with E-state index in [9.17, 15) is 18.0 Å². The third kappa shape index (κ3) is 7.66. The number of amides is 2. The van der Waals surface area contributed by atoms with Gasteiger partial charge in [0.2, 0.25) is 11.8 Å². The molecule has 4 rings (SSSR count). The lowest BCUT2D eigenvalue weighted by atomic mass is 9.95. The third-order valence-corrected chi connectivity index (χ3v) is 10.4. The fourth-order valence-electron chi connectivity index (χ4n) is 5.79. The second-order valence-corrected chi connectivity index (χ2v) is 13.6. The van der Waals surface area contributed by atoms with Gasteiger partial charge in [0.15, 0.2) is 0 Å². The minimum atomic E-state index is -4.11. The zero-order valence-corrected chi connectivity index (χ0v) is 26.9. The Kier molecular flexibility index (Phi) is 10.7. The Morgan fingerprint density at radius 1 is 0.860 bits per heavy atom. The maximum Gasteiger partial charge on any atom is 0.264 e. The Bertz CT molecular complexity index is 1530. The second-order valence-electron chi connectivity index (χ2n) is 11.8. The first-order valence-electron chi connectivity index (χ1n) is 15.3. The molecule has 0 aromatic heterocycles. The predicted octanol–water partition coefficient (Wildman–Crippen LogP) is 6.37. The van der Waals surface area contributed by atoms with E-state index in [1.54, 1.807) is 41.3 Å². The summed E-state index contributed by atoms with van der Waals surface area (Å²) in [5, 5.41) is 3.20. The number of carbonyl (C=O) groups is 2. The number of carbonyl (C=O) groups excluding carboxylic acids is 2. The first kappa shape index (κ1) is 32.3. The molecular formula is C35H45N3O4S. The van der Waals surface area contributed by atoms with Crippen LogP contribution in [0.15, 0.2) is 71.6 Å². The average molecular weight is 604 g/mol. The monoisotopic (exact) mass is 603 g/mol. The van der Waals surface area contributed by atoms with Gasteiger partial charge in [-0.1, -0.05) is 80.3 Å². The van der Waals surface area contributed by atoms with Crippen LogP contribution in [0.3, 0.4) is 0 Å². The molecular weight excluding hydrogens is 558 g/mol. The van der Waals surface area contributed by atoms with Crippen LogP contribution in [0.4, 0.5) is 5.69 Å². The Morgan fingerprint density at radius 2 is 1.51 bits per heavy atom. The molecule has 0 radical (unpaired) electrons. The molecule has 0 saturated heterocycles. The standard InChI is InChI=1S/C35H45N3O4S/c1-6-32(35(40)36-30-16-8-7-9-17-30)37(23-29-15-11-10-13-27(29)4)34(39)24-38(33-18-12-14-26(3)28(33)5)43(41,42)31-21-19-25(2)20-22-31/h10-15,18-22,30,32H,6-9,16-17,23-24H2,1-5H3,(H,36,40)/t32-/m1/s1. The summed E-state index contributed by atoms with van der Waals surface area (Å²) < 4.78 is 29.6. The van der Waals surface area contributed by atoms with Gasteiger partial charge in [0.25, 0.3) is 10.0 Å². The van der Waals surface area contributed by atoms with Gasteiger partial charge in [-0.2, -0.15) is 0 Å². The van der Waals surface area contributed by atoms with Crippen LogP contribution in [-0.2, 0) is 26.2 Å². The summed E-state index contributed by atoms with van der Waals surface area (Å²) in [4.78, 5) is 29.8. The van der Waals surface area contributed by atoms with E-state index in [1.165, 1.54) is 10.7 Å². The molecule has 3 aromatic carbocycles. The predicted molar refractivity (Wildman–Crippen MR) is 172 cm³/mol. The Labute approximate surface area is 257 Å². The van der Waals surface area contributed by atoms with Crippen molar-refractivity contribution in [2.45, 2.75) is 96.7 Å². The molecule has 43 heavy (non-hydrogen) atoms. The molecule has 1 aliphatic carbocycles. The largest absolute Gasteiger partial charge is 0.352 e. The highest BCUT2D eigenvalue weighted by atomic mass is 32.2. The van der Waals surface area contributed by atoms with Gasteiger partial charge >= 0.3 is 0 Å². The van der Waals surface area contributed by atoms with Crippen molar-refractivity contribution in [2.24, 2.45) is 0 Å². The minimum Gasteiger partial charge on any atom is -0.352 e. The number of hydrogen-bond donors (Lipinski definition) is 1. The van der Waals surface area contributed by atoms with Crippen LogP contribution in [0.25, 0.3) is 0 Å². The fraction of sp³-hybridized carbons (Fsp3) is 0.429. The number of nitrogens with one attached hydrogen (secondary N) is 1.